The highest BCUT2D eigenvalue weighted by Gasteiger charge is 2.07. The van der Waals surface area contributed by atoms with E-state index in [0.717, 1.165) is 32.1 Å². The summed E-state index contributed by atoms with van der Waals surface area (Å²) in [4.78, 5) is 0. The second-order valence-electron chi connectivity index (χ2n) is 3.66. The van der Waals surface area contributed by atoms with Crippen LogP contribution in [0.4, 0.5) is 0 Å². The van der Waals surface area contributed by atoms with E-state index >= 15 is 0 Å². The maximum Gasteiger partial charge on any atom is 0.0621 e. The van der Waals surface area contributed by atoms with Gasteiger partial charge in [-0.05, 0) is 25.2 Å². The van der Waals surface area contributed by atoms with Crippen LogP contribution in [0.2, 0.25) is 0 Å². The van der Waals surface area contributed by atoms with E-state index in [1.165, 1.54) is 0 Å². The van der Waals surface area contributed by atoms with Crippen LogP contribution in [0.3, 0.4) is 0 Å². The molecule has 0 N–H and O–H groups in total. The minimum Gasteiger partial charge on any atom is -0.198 e. The van der Waals surface area contributed by atoms with Crippen molar-refractivity contribution in [3.05, 3.63) is 0 Å². The molecule has 0 fully saturated rings. The molecule has 0 aromatic heterocycles. The summed E-state index contributed by atoms with van der Waals surface area (Å²) < 4.78 is 0. The van der Waals surface area contributed by atoms with Gasteiger partial charge in [0.2, 0.25) is 0 Å². The highest BCUT2D eigenvalue weighted by molar-refractivity contribution is 4.77. The maximum atomic E-state index is 8.49. The van der Waals surface area contributed by atoms with Crippen LogP contribution in [0, 0.1) is 39.9 Å². The van der Waals surface area contributed by atoms with Gasteiger partial charge >= 0.3 is 0 Å². The highest BCUT2D eigenvalue weighted by atomic mass is 14.3. The molecule has 0 atom stereocenters. The van der Waals surface area contributed by atoms with Gasteiger partial charge in [-0.3, -0.25) is 0 Å². The molecule has 15 heavy (non-hydrogen) atoms. The Morgan fingerprint density at radius 1 is 0.667 bits per heavy atom. The van der Waals surface area contributed by atoms with E-state index in [2.05, 4.69) is 18.2 Å². The second-order valence-corrected chi connectivity index (χ2v) is 3.66. The zero-order valence-corrected chi connectivity index (χ0v) is 9.08. The van der Waals surface area contributed by atoms with Gasteiger partial charge in [0, 0.05) is 19.3 Å². The molecular weight excluding hydrogens is 186 g/mol. The normalized spacial score (nSPS) is 9.20. The summed E-state index contributed by atoms with van der Waals surface area (Å²) in [6, 6.07) is 6.40. The van der Waals surface area contributed by atoms with Crippen molar-refractivity contribution in [2.45, 2.75) is 51.4 Å². The Balaban J connectivity index is 3.66. The fourth-order valence-corrected chi connectivity index (χ4v) is 1.61. The summed E-state index contributed by atoms with van der Waals surface area (Å²) in [5.74, 6) is 0.489. The SMILES string of the molecule is N#CCCCCC(CCC#N)CCC#N. The number of nitrogens with zero attached hydrogens (tertiary/aromatic N) is 3. The number of hydrogen-bond acceptors (Lipinski definition) is 3. The minimum absolute atomic E-state index is 0.489. The molecule has 0 amide bonds. The largest absolute Gasteiger partial charge is 0.198 e. The predicted octanol–water partition coefficient (Wildman–Crippen LogP) is 3.29. The second kappa shape index (κ2) is 10.6. The van der Waals surface area contributed by atoms with Gasteiger partial charge < -0.3 is 0 Å². The van der Waals surface area contributed by atoms with Crippen molar-refractivity contribution in [3.63, 3.8) is 0 Å². The van der Waals surface area contributed by atoms with E-state index in [-0.39, 0.29) is 0 Å². The molecule has 0 unspecified atom stereocenters. The van der Waals surface area contributed by atoms with Crippen molar-refractivity contribution in [1.29, 1.82) is 15.8 Å². The van der Waals surface area contributed by atoms with E-state index in [1.54, 1.807) is 0 Å². The van der Waals surface area contributed by atoms with Gasteiger partial charge in [-0.25, -0.2) is 0 Å². The first-order valence-corrected chi connectivity index (χ1v) is 5.46. The van der Waals surface area contributed by atoms with Gasteiger partial charge in [0.05, 0.1) is 18.2 Å². The minimum atomic E-state index is 0.489. The van der Waals surface area contributed by atoms with Crippen molar-refractivity contribution in [2.75, 3.05) is 0 Å². The summed E-state index contributed by atoms with van der Waals surface area (Å²) >= 11 is 0. The topological polar surface area (TPSA) is 71.4 Å². The Bertz CT molecular complexity index is 246. The van der Waals surface area contributed by atoms with E-state index in [9.17, 15) is 0 Å². The van der Waals surface area contributed by atoms with Crippen molar-refractivity contribution < 1.29 is 0 Å². The molecule has 3 heteroatoms. The number of unbranched alkanes of at least 4 members (excludes halogenated alkanes) is 2. The molecule has 0 saturated heterocycles. The van der Waals surface area contributed by atoms with Gasteiger partial charge in [0.15, 0.2) is 0 Å². The number of hydrogen-bond donors (Lipinski definition) is 0. The lowest BCUT2D eigenvalue weighted by Gasteiger charge is -2.12. The van der Waals surface area contributed by atoms with Crippen molar-refractivity contribution in [3.8, 4) is 18.2 Å². The van der Waals surface area contributed by atoms with Crippen LogP contribution >= 0.6 is 0 Å². The Hall–Kier alpha value is -1.53. The van der Waals surface area contributed by atoms with Crippen LogP contribution in [0.5, 0.6) is 0 Å². The van der Waals surface area contributed by atoms with Crippen molar-refractivity contribution in [1.82, 2.24) is 0 Å². The van der Waals surface area contributed by atoms with Gasteiger partial charge in [-0.1, -0.05) is 12.8 Å². The molecule has 0 aromatic carbocycles. The van der Waals surface area contributed by atoms with E-state index < -0.39 is 0 Å². The monoisotopic (exact) mass is 203 g/mol. The van der Waals surface area contributed by atoms with Crippen LogP contribution in [-0.2, 0) is 0 Å². The average molecular weight is 203 g/mol. The van der Waals surface area contributed by atoms with E-state index in [4.69, 9.17) is 15.8 Å². The molecule has 0 spiro atoms. The first-order valence-electron chi connectivity index (χ1n) is 5.46. The predicted molar refractivity (Wildman–Crippen MR) is 57.3 cm³/mol. The molecule has 0 rings (SSSR count). The lowest BCUT2D eigenvalue weighted by molar-refractivity contribution is 0.412. The third-order valence-electron chi connectivity index (χ3n) is 2.48. The summed E-state index contributed by atoms with van der Waals surface area (Å²) in [5.41, 5.74) is 0. The summed E-state index contributed by atoms with van der Waals surface area (Å²) in [7, 11) is 0. The Kier molecular flexibility index (Phi) is 9.47. The maximum absolute atomic E-state index is 8.49. The molecular formula is C12H17N3. The van der Waals surface area contributed by atoms with Gasteiger partial charge in [-0.15, -0.1) is 0 Å². The third kappa shape index (κ3) is 8.79. The van der Waals surface area contributed by atoms with Crippen LogP contribution in [-0.4, -0.2) is 0 Å². The lowest BCUT2D eigenvalue weighted by Crippen LogP contribution is -2.00. The molecule has 0 heterocycles. The molecule has 0 aliphatic carbocycles. The Morgan fingerprint density at radius 3 is 1.67 bits per heavy atom. The van der Waals surface area contributed by atoms with E-state index in [0.29, 0.717) is 25.2 Å². The first-order chi connectivity index (χ1) is 7.35. The third-order valence-corrected chi connectivity index (χ3v) is 2.48. The smallest absolute Gasteiger partial charge is 0.0621 e. The first kappa shape index (κ1) is 13.5. The molecule has 80 valence electrons. The zero-order chi connectivity index (χ0) is 11.4. The van der Waals surface area contributed by atoms with Crippen LogP contribution in [0.1, 0.15) is 51.4 Å². The van der Waals surface area contributed by atoms with Crippen LogP contribution in [0.25, 0.3) is 0 Å². The fourth-order valence-electron chi connectivity index (χ4n) is 1.61. The van der Waals surface area contributed by atoms with Gasteiger partial charge in [0.25, 0.3) is 0 Å². The summed E-state index contributed by atoms with van der Waals surface area (Å²) in [6.07, 6.45) is 6.58. The van der Waals surface area contributed by atoms with Gasteiger partial charge in [0.1, 0.15) is 0 Å². The molecule has 0 aliphatic heterocycles. The highest BCUT2D eigenvalue weighted by Crippen LogP contribution is 2.20. The number of nitriles is 3. The quantitative estimate of drug-likeness (QED) is 0.568. The Labute approximate surface area is 91.9 Å². The molecule has 0 saturated carbocycles. The molecule has 3 nitrogen and oxygen atoms in total. The Morgan fingerprint density at radius 2 is 1.20 bits per heavy atom. The molecule has 0 bridgehead atoms. The molecule has 0 aromatic rings. The number of rotatable bonds is 8. The summed E-state index contributed by atoms with van der Waals surface area (Å²) in [5, 5.41) is 25.4. The average Bonchev–Trinajstić information content (AvgIpc) is 2.27. The van der Waals surface area contributed by atoms with Crippen LogP contribution in [0.15, 0.2) is 0 Å². The van der Waals surface area contributed by atoms with Crippen molar-refractivity contribution >= 4 is 0 Å². The molecule has 0 radical (unpaired) electrons. The van der Waals surface area contributed by atoms with E-state index in [1.807, 2.05) is 0 Å². The zero-order valence-electron chi connectivity index (χ0n) is 9.08. The van der Waals surface area contributed by atoms with Crippen molar-refractivity contribution in [2.24, 2.45) is 5.92 Å². The lowest BCUT2D eigenvalue weighted by atomic mass is 9.92. The summed E-state index contributed by atoms with van der Waals surface area (Å²) in [6.45, 7) is 0. The fraction of sp³-hybridized carbons (Fsp3) is 0.750. The van der Waals surface area contributed by atoms with Gasteiger partial charge in [-0.2, -0.15) is 15.8 Å². The molecule has 0 aliphatic rings. The van der Waals surface area contributed by atoms with Crippen LogP contribution < -0.4 is 0 Å². The standard InChI is InChI=1S/C12H17N3/c13-9-3-1-2-6-12(7-4-10-14)8-5-11-15/h12H,1-8H2.